The molecular weight excluding hydrogens is 240 g/mol. The van der Waals surface area contributed by atoms with E-state index in [0.717, 1.165) is 0 Å². The maximum Gasteiger partial charge on any atom is 0.239 e. The van der Waals surface area contributed by atoms with Crippen molar-refractivity contribution in [1.82, 2.24) is 9.97 Å². The first-order valence-corrected chi connectivity index (χ1v) is 6.55. The molecule has 17 heavy (non-hydrogen) atoms. The van der Waals surface area contributed by atoms with E-state index in [1.54, 1.807) is 30.5 Å². The summed E-state index contributed by atoms with van der Waals surface area (Å²) in [4.78, 5) is 6.46. The zero-order valence-electron chi connectivity index (χ0n) is 8.92. The van der Waals surface area contributed by atoms with Crippen LogP contribution in [0.3, 0.4) is 0 Å². The summed E-state index contributed by atoms with van der Waals surface area (Å²) in [5.74, 6) is 0.0917. The number of H-pyrrole nitrogens is 1. The average Bonchev–Trinajstić information content (AvgIpc) is 2.73. The van der Waals surface area contributed by atoms with Gasteiger partial charge in [-0.25, -0.2) is 13.4 Å². The van der Waals surface area contributed by atoms with E-state index in [0.29, 0.717) is 11.3 Å². The fourth-order valence-corrected chi connectivity index (χ4v) is 2.45. The number of nitrogens with two attached hydrogens (primary N) is 1. The number of hydrogen-bond acceptors (Lipinski definition) is 4. The Morgan fingerprint density at radius 2 is 2.00 bits per heavy atom. The Labute approximate surface area is 98.9 Å². The third-order valence-corrected chi connectivity index (χ3v) is 3.30. The second-order valence-corrected chi connectivity index (χ2v) is 5.26. The van der Waals surface area contributed by atoms with Crippen LogP contribution in [0, 0.1) is 0 Å². The molecule has 90 valence electrons. The van der Waals surface area contributed by atoms with E-state index in [2.05, 4.69) is 14.7 Å². The van der Waals surface area contributed by atoms with Gasteiger partial charge in [-0.1, -0.05) is 12.1 Å². The van der Waals surface area contributed by atoms with Crippen LogP contribution in [0.4, 0.5) is 11.6 Å². The van der Waals surface area contributed by atoms with Gasteiger partial charge in [-0.05, 0) is 17.7 Å². The van der Waals surface area contributed by atoms with Gasteiger partial charge in [0.1, 0.15) is 0 Å². The Morgan fingerprint density at radius 1 is 1.29 bits per heavy atom. The van der Waals surface area contributed by atoms with Crippen LogP contribution >= 0.6 is 0 Å². The molecule has 1 heterocycles. The highest BCUT2D eigenvalue weighted by atomic mass is 32.2. The number of benzene rings is 1. The number of aromatic nitrogens is 2. The lowest BCUT2D eigenvalue weighted by Gasteiger charge is -2.05. The van der Waals surface area contributed by atoms with Crippen molar-refractivity contribution in [2.75, 3.05) is 10.5 Å². The maximum atomic E-state index is 11.7. The van der Waals surface area contributed by atoms with Gasteiger partial charge in [0, 0.05) is 18.1 Å². The summed E-state index contributed by atoms with van der Waals surface area (Å²) in [6.45, 7) is 0. The summed E-state index contributed by atoms with van der Waals surface area (Å²) < 4.78 is 25.8. The van der Waals surface area contributed by atoms with E-state index in [1.807, 2.05) is 0 Å². The first-order chi connectivity index (χ1) is 8.05. The smallest absolute Gasteiger partial charge is 0.239 e. The molecule has 0 saturated heterocycles. The zero-order valence-corrected chi connectivity index (χ0v) is 9.74. The van der Waals surface area contributed by atoms with Crippen molar-refractivity contribution in [2.24, 2.45) is 0 Å². The molecule has 0 amide bonds. The minimum atomic E-state index is -3.46. The quantitative estimate of drug-likeness (QED) is 0.705. The molecule has 0 atom stereocenters. The van der Waals surface area contributed by atoms with Crippen molar-refractivity contribution in [3.63, 3.8) is 0 Å². The molecule has 0 radical (unpaired) electrons. The number of hydrogen-bond donors (Lipinski definition) is 3. The van der Waals surface area contributed by atoms with Crippen molar-refractivity contribution in [2.45, 2.75) is 5.75 Å². The molecule has 0 aliphatic carbocycles. The molecule has 1 aromatic carbocycles. The van der Waals surface area contributed by atoms with Gasteiger partial charge in [0.2, 0.25) is 16.0 Å². The van der Waals surface area contributed by atoms with Gasteiger partial charge < -0.3 is 10.7 Å². The topological polar surface area (TPSA) is 101 Å². The van der Waals surface area contributed by atoms with Crippen molar-refractivity contribution >= 4 is 21.7 Å². The Bertz CT molecular complexity index is 575. The van der Waals surface area contributed by atoms with Crippen molar-refractivity contribution in [1.29, 1.82) is 0 Å². The summed E-state index contributed by atoms with van der Waals surface area (Å²) in [6, 6.07) is 6.68. The number of rotatable bonds is 4. The average molecular weight is 252 g/mol. The Hall–Kier alpha value is -2.02. The SMILES string of the molecule is Nc1ccc(CS(=O)(=O)Nc2ncc[nH]2)cc1. The third kappa shape index (κ3) is 3.22. The van der Waals surface area contributed by atoms with E-state index in [4.69, 9.17) is 5.73 Å². The first kappa shape index (κ1) is 11.5. The van der Waals surface area contributed by atoms with Crippen molar-refractivity contribution < 1.29 is 8.42 Å². The fraction of sp³-hybridized carbons (Fsp3) is 0.100. The van der Waals surface area contributed by atoms with Crippen molar-refractivity contribution in [3.8, 4) is 0 Å². The predicted octanol–water partition coefficient (Wildman–Crippen LogP) is 0.934. The van der Waals surface area contributed by atoms with Crippen LogP contribution in [0.15, 0.2) is 36.7 Å². The van der Waals surface area contributed by atoms with Crippen LogP contribution in [0.25, 0.3) is 0 Å². The molecular formula is C10H12N4O2S. The largest absolute Gasteiger partial charge is 0.399 e. The van der Waals surface area contributed by atoms with Crippen LogP contribution < -0.4 is 10.5 Å². The van der Waals surface area contributed by atoms with E-state index in [-0.39, 0.29) is 11.7 Å². The highest BCUT2D eigenvalue weighted by molar-refractivity contribution is 7.91. The number of sulfonamides is 1. The molecule has 0 saturated carbocycles. The molecule has 0 aliphatic heterocycles. The number of nitrogens with zero attached hydrogens (tertiary/aromatic N) is 1. The lowest BCUT2D eigenvalue weighted by molar-refractivity contribution is 0.600. The van der Waals surface area contributed by atoms with Gasteiger partial charge in [-0.2, -0.15) is 0 Å². The van der Waals surface area contributed by atoms with Gasteiger partial charge in [-0.15, -0.1) is 0 Å². The predicted molar refractivity (Wildman–Crippen MR) is 65.7 cm³/mol. The molecule has 0 fully saturated rings. The zero-order chi connectivity index (χ0) is 12.3. The third-order valence-electron chi connectivity index (χ3n) is 2.09. The standard InChI is InChI=1S/C10H12N4O2S/c11-9-3-1-8(2-4-9)7-17(15,16)14-10-12-5-6-13-10/h1-6H,7,11H2,(H2,12,13,14). The Balaban J connectivity index is 2.09. The van der Waals surface area contributed by atoms with E-state index < -0.39 is 10.0 Å². The number of aromatic amines is 1. The lowest BCUT2D eigenvalue weighted by Crippen LogP contribution is -2.15. The molecule has 0 spiro atoms. The van der Waals surface area contributed by atoms with Crippen LogP contribution in [0.2, 0.25) is 0 Å². The molecule has 1 aromatic heterocycles. The summed E-state index contributed by atoms with van der Waals surface area (Å²) in [5.41, 5.74) is 6.79. The van der Waals surface area contributed by atoms with E-state index in [9.17, 15) is 8.42 Å². The summed E-state index contributed by atoms with van der Waals surface area (Å²) in [7, 11) is -3.46. The number of nitrogens with one attached hydrogen (secondary N) is 2. The van der Waals surface area contributed by atoms with Crippen molar-refractivity contribution in [3.05, 3.63) is 42.2 Å². The molecule has 2 rings (SSSR count). The molecule has 6 nitrogen and oxygen atoms in total. The second-order valence-electron chi connectivity index (χ2n) is 3.54. The highest BCUT2D eigenvalue weighted by Gasteiger charge is 2.12. The maximum absolute atomic E-state index is 11.7. The minimum Gasteiger partial charge on any atom is -0.399 e. The summed E-state index contributed by atoms with van der Waals surface area (Å²) >= 11 is 0. The molecule has 4 N–H and O–H groups in total. The van der Waals surface area contributed by atoms with Gasteiger partial charge in [0.15, 0.2) is 0 Å². The number of nitrogen functional groups attached to an aromatic ring is 1. The molecule has 7 heteroatoms. The van der Waals surface area contributed by atoms with Crippen LogP contribution in [0.1, 0.15) is 5.56 Å². The monoisotopic (exact) mass is 252 g/mol. The van der Waals surface area contributed by atoms with Crippen LogP contribution in [0.5, 0.6) is 0 Å². The number of anilines is 2. The fourth-order valence-electron chi connectivity index (χ4n) is 1.34. The number of imidazole rings is 1. The Morgan fingerprint density at radius 3 is 2.59 bits per heavy atom. The minimum absolute atomic E-state index is 0.117. The first-order valence-electron chi connectivity index (χ1n) is 4.89. The van der Waals surface area contributed by atoms with Crippen LogP contribution in [-0.4, -0.2) is 18.4 Å². The highest BCUT2D eigenvalue weighted by Crippen LogP contribution is 2.10. The van der Waals surface area contributed by atoms with Gasteiger partial charge in [-0.3, -0.25) is 4.72 Å². The van der Waals surface area contributed by atoms with E-state index in [1.165, 1.54) is 6.20 Å². The summed E-state index contributed by atoms with van der Waals surface area (Å²) in [6.07, 6.45) is 3.02. The Kier molecular flexibility index (Phi) is 3.01. The van der Waals surface area contributed by atoms with E-state index >= 15 is 0 Å². The van der Waals surface area contributed by atoms with Gasteiger partial charge in [0.25, 0.3) is 0 Å². The molecule has 0 aliphatic rings. The van der Waals surface area contributed by atoms with Gasteiger partial charge in [0.05, 0.1) is 5.75 Å². The molecule has 2 aromatic rings. The van der Waals surface area contributed by atoms with Crippen LogP contribution in [-0.2, 0) is 15.8 Å². The lowest BCUT2D eigenvalue weighted by atomic mass is 10.2. The molecule has 0 bridgehead atoms. The molecule has 0 unspecified atom stereocenters. The normalized spacial score (nSPS) is 11.3. The van der Waals surface area contributed by atoms with Gasteiger partial charge >= 0.3 is 0 Å². The summed E-state index contributed by atoms with van der Waals surface area (Å²) in [5, 5.41) is 0. The second kappa shape index (κ2) is 4.46.